The van der Waals surface area contributed by atoms with Crippen LogP contribution in [0.2, 0.25) is 0 Å². The van der Waals surface area contributed by atoms with E-state index in [9.17, 15) is 13.2 Å². The lowest BCUT2D eigenvalue weighted by Crippen LogP contribution is -2.39. The lowest BCUT2D eigenvalue weighted by Gasteiger charge is -2.32. The van der Waals surface area contributed by atoms with Gasteiger partial charge < -0.3 is 5.32 Å². The van der Waals surface area contributed by atoms with Crippen molar-refractivity contribution in [2.75, 3.05) is 25.0 Å². The van der Waals surface area contributed by atoms with Gasteiger partial charge >= 0.3 is 6.18 Å². The maximum absolute atomic E-state index is 13.1. The number of nitrogens with one attached hydrogen (secondary N) is 1. The Morgan fingerprint density at radius 3 is 2.57 bits per heavy atom. The van der Waals surface area contributed by atoms with Gasteiger partial charge in [0.15, 0.2) is 0 Å². The second kappa shape index (κ2) is 6.71. The van der Waals surface area contributed by atoms with Crippen LogP contribution in [0, 0.1) is 12.3 Å². The largest absolute Gasteiger partial charge is 0.418 e. The first kappa shape index (κ1) is 16.2. The summed E-state index contributed by atoms with van der Waals surface area (Å²) in [7, 11) is 0. The Labute approximate surface area is 130 Å². The summed E-state index contributed by atoms with van der Waals surface area (Å²) in [6.45, 7) is 2.21. The number of terminal acetylenes is 1. The quantitative estimate of drug-likeness (QED) is 0.820. The Hall–Kier alpha value is -1.19. The Bertz CT molecular complexity index is 529. The molecule has 0 unspecified atom stereocenters. The third-order valence-electron chi connectivity index (χ3n) is 3.55. The predicted octanol–water partition coefficient (Wildman–Crippen LogP) is 3.98. The number of rotatable bonds is 3. The standard InChI is InChI=1S/C15H16BrF3N2/c1-2-7-21-8-5-12(6-9-21)20-14-4-3-11(16)10-13(14)15(17,18)19/h1,3-4,10,12,20H,5-9H2. The van der Waals surface area contributed by atoms with Gasteiger partial charge in [-0.05, 0) is 31.0 Å². The van der Waals surface area contributed by atoms with Gasteiger partial charge in [-0.1, -0.05) is 21.9 Å². The summed E-state index contributed by atoms with van der Waals surface area (Å²) < 4.78 is 39.6. The molecule has 114 valence electrons. The van der Waals surface area contributed by atoms with Gasteiger partial charge in [0, 0.05) is 29.3 Å². The topological polar surface area (TPSA) is 15.3 Å². The fraction of sp³-hybridized carbons (Fsp3) is 0.467. The SMILES string of the molecule is C#CCN1CCC(Nc2ccc(Br)cc2C(F)(F)F)CC1. The number of hydrogen-bond acceptors (Lipinski definition) is 2. The van der Waals surface area contributed by atoms with E-state index in [0.29, 0.717) is 11.0 Å². The van der Waals surface area contributed by atoms with Gasteiger partial charge in [0.05, 0.1) is 12.1 Å². The number of piperidine rings is 1. The lowest BCUT2D eigenvalue weighted by atomic mass is 10.0. The van der Waals surface area contributed by atoms with Crippen LogP contribution in [0.1, 0.15) is 18.4 Å². The zero-order valence-corrected chi connectivity index (χ0v) is 13.0. The van der Waals surface area contributed by atoms with E-state index in [1.165, 1.54) is 6.07 Å². The van der Waals surface area contributed by atoms with Crippen molar-refractivity contribution in [3.63, 3.8) is 0 Å². The minimum absolute atomic E-state index is 0.0429. The normalized spacial score (nSPS) is 17.5. The number of halogens is 4. The maximum Gasteiger partial charge on any atom is 0.418 e. The molecule has 0 radical (unpaired) electrons. The van der Waals surface area contributed by atoms with Crippen LogP contribution in [0.25, 0.3) is 0 Å². The van der Waals surface area contributed by atoms with Crippen LogP contribution in [0.15, 0.2) is 22.7 Å². The van der Waals surface area contributed by atoms with E-state index in [4.69, 9.17) is 6.42 Å². The third-order valence-corrected chi connectivity index (χ3v) is 4.04. The van der Waals surface area contributed by atoms with Crippen molar-refractivity contribution in [1.29, 1.82) is 0 Å². The van der Waals surface area contributed by atoms with Gasteiger partial charge in [-0.15, -0.1) is 6.42 Å². The van der Waals surface area contributed by atoms with E-state index in [1.54, 1.807) is 6.07 Å². The first-order chi connectivity index (χ1) is 9.90. The maximum atomic E-state index is 13.1. The highest BCUT2D eigenvalue weighted by molar-refractivity contribution is 9.10. The van der Waals surface area contributed by atoms with Crippen LogP contribution in [-0.4, -0.2) is 30.6 Å². The molecule has 1 aromatic carbocycles. The number of likely N-dealkylation sites (tertiary alicyclic amines) is 1. The Balaban J connectivity index is 2.06. The average molecular weight is 361 g/mol. The monoisotopic (exact) mass is 360 g/mol. The van der Waals surface area contributed by atoms with Crippen LogP contribution >= 0.6 is 15.9 Å². The van der Waals surface area contributed by atoms with Gasteiger partial charge in [-0.25, -0.2) is 0 Å². The van der Waals surface area contributed by atoms with Crippen LogP contribution in [0.3, 0.4) is 0 Å². The summed E-state index contributed by atoms with van der Waals surface area (Å²) >= 11 is 3.09. The Morgan fingerprint density at radius 2 is 2.00 bits per heavy atom. The molecular weight excluding hydrogens is 345 g/mol. The molecule has 1 fully saturated rings. The Kier molecular flexibility index (Phi) is 5.17. The summed E-state index contributed by atoms with van der Waals surface area (Å²) in [5, 5.41) is 3.03. The van der Waals surface area contributed by atoms with Crippen molar-refractivity contribution in [1.82, 2.24) is 4.90 Å². The number of hydrogen-bond donors (Lipinski definition) is 1. The molecule has 1 aromatic rings. The van der Waals surface area contributed by atoms with E-state index in [1.807, 2.05) is 0 Å². The highest BCUT2D eigenvalue weighted by Crippen LogP contribution is 2.37. The highest BCUT2D eigenvalue weighted by Gasteiger charge is 2.34. The summed E-state index contributed by atoms with van der Waals surface area (Å²) in [5.74, 6) is 2.59. The smallest absolute Gasteiger partial charge is 0.382 e. The summed E-state index contributed by atoms with van der Waals surface area (Å²) in [4.78, 5) is 2.13. The summed E-state index contributed by atoms with van der Waals surface area (Å²) in [6.07, 6.45) is 2.47. The number of nitrogens with zero attached hydrogens (tertiary/aromatic N) is 1. The van der Waals surface area contributed by atoms with Crippen molar-refractivity contribution >= 4 is 21.6 Å². The number of alkyl halides is 3. The molecule has 0 atom stereocenters. The molecule has 21 heavy (non-hydrogen) atoms. The molecule has 2 nitrogen and oxygen atoms in total. The minimum Gasteiger partial charge on any atom is -0.382 e. The average Bonchev–Trinajstić information content (AvgIpc) is 2.42. The van der Waals surface area contributed by atoms with Crippen molar-refractivity contribution in [2.45, 2.75) is 25.1 Å². The molecule has 0 aromatic heterocycles. The van der Waals surface area contributed by atoms with Crippen molar-refractivity contribution in [3.05, 3.63) is 28.2 Å². The third kappa shape index (κ3) is 4.39. The molecule has 6 heteroatoms. The first-order valence-corrected chi connectivity index (χ1v) is 7.48. The van der Waals surface area contributed by atoms with Crippen LogP contribution in [0.5, 0.6) is 0 Å². The van der Waals surface area contributed by atoms with Crippen molar-refractivity contribution in [2.24, 2.45) is 0 Å². The van der Waals surface area contributed by atoms with Crippen LogP contribution < -0.4 is 5.32 Å². The number of anilines is 1. The van der Waals surface area contributed by atoms with Crippen molar-refractivity contribution in [3.8, 4) is 12.3 Å². The summed E-state index contributed by atoms with van der Waals surface area (Å²) in [5.41, 5.74) is -0.496. The molecule has 0 spiro atoms. The molecule has 2 rings (SSSR count). The Morgan fingerprint density at radius 1 is 1.33 bits per heavy atom. The fourth-order valence-corrected chi connectivity index (χ4v) is 2.82. The molecule has 0 saturated carbocycles. The predicted molar refractivity (Wildman–Crippen MR) is 81.1 cm³/mol. The molecule has 0 aliphatic carbocycles. The first-order valence-electron chi connectivity index (χ1n) is 6.69. The summed E-state index contributed by atoms with van der Waals surface area (Å²) in [6, 6.07) is 4.24. The number of benzene rings is 1. The molecular formula is C15H16BrF3N2. The van der Waals surface area contributed by atoms with Crippen molar-refractivity contribution < 1.29 is 13.2 Å². The molecule has 0 bridgehead atoms. The highest BCUT2D eigenvalue weighted by atomic mass is 79.9. The van der Waals surface area contributed by atoms with Gasteiger partial charge in [0.25, 0.3) is 0 Å². The molecule has 1 saturated heterocycles. The fourth-order valence-electron chi connectivity index (χ4n) is 2.46. The molecule has 1 heterocycles. The van der Waals surface area contributed by atoms with E-state index in [-0.39, 0.29) is 11.7 Å². The second-order valence-electron chi connectivity index (χ2n) is 5.09. The van der Waals surface area contributed by atoms with Gasteiger partial charge in [-0.3, -0.25) is 4.90 Å². The van der Waals surface area contributed by atoms with E-state index >= 15 is 0 Å². The van der Waals surface area contributed by atoms with E-state index in [2.05, 4.69) is 32.1 Å². The molecule has 1 N–H and O–H groups in total. The van der Waals surface area contributed by atoms with Gasteiger partial charge in [-0.2, -0.15) is 13.2 Å². The van der Waals surface area contributed by atoms with Crippen LogP contribution in [0.4, 0.5) is 18.9 Å². The lowest BCUT2D eigenvalue weighted by molar-refractivity contribution is -0.137. The zero-order valence-electron chi connectivity index (χ0n) is 11.4. The zero-order chi connectivity index (χ0) is 15.5. The van der Waals surface area contributed by atoms with Crippen LogP contribution in [-0.2, 0) is 6.18 Å². The van der Waals surface area contributed by atoms with Gasteiger partial charge in [0.2, 0.25) is 0 Å². The van der Waals surface area contributed by atoms with Gasteiger partial charge in [0.1, 0.15) is 0 Å². The van der Waals surface area contributed by atoms with E-state index < -0.39 is 11.7 Å². The molecule has 0 amide bonds. The second-order valence-corrected chi connectivity index (χ2v) is 6.00. The molecule has 1 aliphatic heterocycles. The molecule has 1 aliphatic rings. The minimum atomic E-state index is -4.36. The van der Waals surface area contributed by atoms with E-state index in [0.717, 1.165) is 32.0 Å².